The fourth-order valence-electron chi connectivity index (χ4n) is 3.15. The van der Waals surface area contributed by atoms with Crippen molar-refractivity contribution in [3.8, 4) is 0 Å². The van der Waals surface area contributed by atoms with Crippen LogP contribution in [-0.4, -0.2) is 46.1 Å². The fraction of sp³-hybridized carbons (Fsp3) is 0.400. The lowest BCUT2D eigenvalue weighted by atomic mass is 10.1. The number of thiocarbonyl (C=S) groups is 1. The minimum absolute atomic E-state index is 0.830. The number of pyridine rings is 1. The van der Waals surface area contributed by atoms with Gasteiger partial charge >= 0.3 is 0 Å². The monoisotopic (exact) mass is 354 g/mol. The molecule has 25 heavy (non-hydrogen) atoms. The molecule has 5 heteroatoms. The molecule has 2 heterocycles. The molecular weight excluding hydrogens is 328 g/mol. The second-order valence-electron chi connectivity index (χ2n) is 6.46. The molecular formula is C20H26N4S. The highest BCUT2D eigenvalue weighted by Gasteiger charge is 2.17. The molecule has 0 aliphatic carbocycles. The van der Waals surface area contributed by atoms with Gasteiger partial charge in [0.15, 0.2) is 5.11 Å². The van der Waals surface area contributed by atoms with Crippen LogP contribution in [0.1, 0.15) is 24.5 Å². The van der Waals surface area contributed by atoms with Gasteiger partial charge in [-0.3, -0.25) is 9.88 Å². The minimum Gasteiger partial charge on any atom is -0.348 e. The van der Waals surface area contributed by atoms with Gasteiger partial charge in [0, 0.05) is 50.8 Å². The highest BCUT2D eigenvalue weighted by molar-refractivity contribution is 7.80. The van der Waals surface area contributed by atoms with Crippen molar-refractivity contribution in [2.45, 2.75) is 26.3 Å². The summed E-state index contributed by atoms with van der Waals surface area (Å²) >= 11 is 5.65. The van der Waals surface area contributed by atoms with Crippen molar-refractivity contribution in [1.82, 2.24) is 14.8 Å². The second-order valence-corrected chi connectivity index (χ2v) is 6.85. The van der Waals surface area contributed by atoms with Gasteiger partial charge in [-0.05, 0) is 54.4 Å². The molecule has 2 aromatic rings. The number of nitrogens with one attached hydrogen (secondary N) is 1. The van der Waals surface area contributed by atoms with Gasteiger partial charge in [-0.2, -0.15) is 0 Å². The fourth-order valence-corrected chi connectivity index (χ4v) is 3.45. The van der Waals surface area contributed by atoms with Crippen molar-refractivity contribution in [2.24, 2.45) is 0 Å². The van der Waals surface area contributed by atoms with Crippen molar-refractivity contribution < 1.29 is 0 Å². The summed E-state index contributed by atoms with van der Waals surface area (Å²) in [4.78, 5) is 8.98. The first-order chi connectivity index (χ1) is 12.2. The Balaban J connectivity index is 1.54. The van der Waals surface area contributed by atoms with E-state index in [2.05, 4.69) is 57.4 Å². The molecule has 1 aliphatic rings. The van der Waals surface area contributed by atoms with Crippen molar-refractivity contribution >= 4 is 23.0 Å². The van der Waals surface area contributed by atoms with Crippen LogP contribution in [0.15, 0.2) is 48.8 Å². The van der Waals surface area contributed by atoms with Gasteiger partial charge in [-0.1, -0.05) is 25.1 Å². The van der Waals surface area contributed by atoms with Gasteiger partial charge in [0.1, 0.15) is 0 Å². The van der Waals surface area contributed by atoms with E-state index in [-0.39, 0.29) is 0 Å². The molecule has 4 nitrogen and oxygen atoms in total. The summed E-state index contributed by atoms with van der Waals surface area (Å²) < 4.78 is 0. The Labute approximate surface area is 155 Å². The Morgan fingerprint density at radius 3 is 2.80 bits per heavy atom. The Bertz CT molecular complexity index is 689. The zero-order valence-electron chi connectivity index (χ0n) is 14.8. The molecule has 1 aromatic carbocycles. The molecule has 0 radical (unpaired) electrons. The van der Waals surface area contributed by atoms with Crippen LogP contribution in [0.25, 0.3) is 0 Å². The molecule has 1 aromatic heterocycles. The summed E-state index contributed by atoms with van der Waals surface area (Å²) in [7, 11) is 0. The SMILES string of the molecule is CCc1cccc(NC(=S)N2CCCN(Cc3cccnc3)CC2)c1. The van der Waals surface area contributed by atoms with Crippen molar-refractivity contribution in [2.75, 3.05) is 31.5 Å². The first kappa shape index (κ1) is 17.8. The van der Waals surface area contributed by atoms with E-state index in [1.807, 2.05) is 18.5 Å². The molecule has 0 spiro atoms. The van der Waals surface area contributed by atoms with Crippen molar-refractivity contribution in [1.29, 1.82) is 0 Å². The van der Waals surface area contributed by atoms with E-state index in [4.69, 9.17) is 12.2 Å². The van der Waals surface area contributed by atoms with E-state index in [0.29, 0.717) is 0 Å². The van der Waals surface area contributed by atoms with Crippen LogP contribution in [-0.2, 0) is 13.0 Å². The number of hydrogen-bond donors (Lipinski definition) is 1. The predicted octanol–water partition coefficient (Wildman–Crippen LogP) is 3.55. The molecule has 1 N–H and O–H groups in total. The number of rotatable bonds is 4. The minimum atomic E-state index is 0.830. The molecule has 132 valence electrons. The van der Waals surface area contributed by atoms with E-state index in [0.717, 1.165) is 56.4 Å². The van der Waals surface area contributed by atoms with Crippen LogP contribution in [0, 0.1) is 0 Å². The van der Waals surface area contributed by atoms with Crippen LogP contribution in [0.5, 0.6) is 0 Å². The van der Waals surface area contributed by atoms with Crippen LogP contribution in [0.2, 0.25) is 0 Å². The predicted molar refractivity (Wildman–Crippen MR) is 108 cm³/mol. The third-order valence-electron chi connectivity index (χ3n) is 4.59. The van der Waals surface area contributed by atoms with Crippen LogP contribution in [0.3, 0.4) is 0 Å². The van der Waals surface area contributed by atoms with Gasteiger partial charge in [-0.25, -0.2) is 0 Å². The maximum absolute atomic E-state index is 5.65. The van der Waals surface area contributed by atoms with Crippen molar-refractivity contribution in [3.63, 3.8) is 0 Å². The summed E-state index contributed by atoms with van der Waals surface area (Å²) in [5.74, 6) is 0. The van der Waals surface area contributed by atoms with Crippen molar-refractivity contribution in [3.05, 3.63) is 59.9 Å². The van der Waals surface area contributed by atoms with E-state index >= 15 is 0 Å². The molecule has 1 saturated heterocycles. The van der Waals surface area contributed by atoms with E-state index < -0.39 is 0 Å². The molecule has 0 unspecified atom stereocenters. The topological polar surface area (TPSA) is 31.4 Å². The summed E-state index contributed by atoms with van der Waals surface area (Å²) in [5, 5.41) is 4.24. The summed E-state index contributed by atoms with van der Waals surface area (Å²) in [6.07, 6.45) is 5.94. The van der Waals surface area contributed by atoms with E-state index in [1.54, 1.807) is 0 Å². The quantitative estimate of drug-likeness (QED) is 0.849. The molecule has 0 atom stereocenters. The Morgan fingerprint density at radius 1 is 1.12 bits per heavy atom. The average molecular weight is 355 g/mol. The van der Waals surface area contributed by atoms with E-state index in [9.17, 15) is 0 Å². The number of anilines is 1. The molecule has 0 amide bonds. The lowest BCUT2D eigenvalue weighted by Crippen LogP contribution is -2.37. The smallest absolute Gasteiger partial charge is 0.173 e. The standard InChI is InChI=1S/C20H26N4S/c1-2-17-6-3-8-19(14-17)22-20(25)24-11-5-10-23(12-13-24)16-18-7-4-9-21-15-18/h3-4,6-9,14-15H,2,5,10-13,16H2,1H3,(H,22,25). The lowest BCUT2D eigenvalue weighted by molar-refractivity contribution is 0.278. The maximum atomic E-state index is 5.65. The largest absolute Gasteiger partial charge is 0.348 e. The summed E-state index contributed by atoms with van der Waals surface area (Å²) in [6.45, 7) is 7.21. The van der Waals surface area contributed by atoms with Crippen LogP contribution >= 0.6 is 12.2 Å². The summed E-state index contributed by atoms with van der Waals surface area (Å²) in [6, 6.07) is 12.6. The normalized spacial score (nSPS) is 15.6. The Kier molecular flexibility index (Phi) is 6.36. The highest BCUT2D eigenvalue weighted by atomic mass is 32.1. The highest BCUT2D eigenvalue weighted by Crippen LogP contribution is 2.14. The third-order valence-corrected chi connectivity index (χ3v) is 4.95. The number of aromatic nitrogens is 1. The number of benzene rings is 1. The number of aryl methyl sites for hydroxylation is 1. The molecule has 1 fully saturated rings. The first-order valence-electron chi connectivity index (χ1n) is 9.00. The van der Waals surface area contributed by atoms with Crippen LogP contribution in [0.4, 0.5) is 5.69 Å². The number of hydrogen-bond acceptors (Lipinski definition) is 3. The molecule has 0 saturated carbocycles. The maximum Gasteiger partial charge on any atom is 0.173 e. The van der Waals surface area contributed by atoms with Gasteiger partial charge in [0.25, 0.3) is 0 Å². The zero-order valence-corrected chi connectivity index (χ0v) is 15.6. The third kappa shape index (κ3) is 5.25. The molecule has 1 aliphatic heterocycles. The lowest BCUT2D eigenvalue weighted by Gasteiger charge is -2.25. The van der Waals surface area contributed by atoms with Gasteiger partial charge in [0.05, 0.1) is 0 Å². The first-order valence-corrected chi connectivity index (χ1v) is 9.41. The summed E-state index contributed by atoms with van der Waals surface area (Å²) in [5.41, 5.74) is 3.68. The van der Waals surface area contributed by atoms with Crippen LogP contribution < -0.4 is 5.32 Å². The van der Waals surface area contributed by atoms with Gasteiger partial charge in [-0.15, -0.1) is 0 Å². The Hall–Kier alpha value is -1.98. The Morgan fingerprint density at radius 2 is 2.00 bits per heavy atom. The van der Waals surface area contributed by atoms with E-state index in [1.165, 1.54) is 11.1 Å². The molecule has 3 rings (SSSR count). The average Bonchev–Trinajstić information content (AvgIpc) is 2.88. The zero-order chi connectivity index (χ0) is 17.5. The van der Waals surface area contributed by atoms with Gasteiger partial charge < -0.3 is 10.2 Å². The number of nitrogens with zero attached hydrogens (tertiary/aromatic N) is 3. The van der Waals surface area contributed by atoms with Gasteiger partial charge in [0.2, 0.25) is 0 Å². The second kappa shape index (κ2) is 8.92. The molecule has 0 bridgehead atoms.